The normalized spacial score (nSPS) is 10.6. The van der Waals surface area contributed by atoms with Crippen LogP contribution in [0.15, 0.2) is 76.3 Å². The number of ether oxygens (including phenoxy) is 2. The van der Waals surface area contributed by atoms with Crippen molar-refractivity contribution in [1.29, 1.82) is 0 Å². The fourth-order valence-corrected chi connectivity index (χ4v) is 3.33. The molecule has 7 nitrogen and oxygen atoms in total. The summed E-state index contributed by atoms with van der Waals surface area (Å²) in [6, 6.07) is 17.5. The third-order valence-corrected chi connectivity index (χ3v) is 4.81. The summed E-state index contributed by atoms with van der Waals surface area (Å²) in [6.07, 6.45) is 1.47. The molecule has 0 heterocycles. The molecule has 0 radical (unpaired) electrons. The number of halogens is 2. The lowest BCUT2D eigenvalue weighted by Gasteiger charge is -2.14. The number of anilines is 1. The van der Waals surface area contributed by atoms with Gasteiger partial charge in [0.1, 0.15) is 5.82 Å². The Kier molecular flexibility index (Phi) is 8.54. The fourth-order valence-electron chi connectivity index (χ4n) is 2.75. The van der Waals surface area contributed by atoms with Gasteiger partial charge in [-0.2, -0.15) is 5.10 Å². The number of hydrazone groups is 1. The molecule has 0 bridgehead atoms. The first-order valence-corrected chi connectivity index (χ1v) is 10.8. The number of amides is 2. The number of carbonyl (C=O) groups excluding carboxylic acids is 2. The minimum atomic E-state index is -0.412. The van der Waals surface area contributed by atoms with Gasteiger partial charge >= 0.3 is 0 Å². The van der Waals surface area contributed by atoms with E-state index >= 15 is 0 Å². The van der Waals surface area contributed by atoms with Crippen LogP contribution in [0.5, 0.6) is 11.5 Å². The molecule has 2 amide bonds. The van der Waals surface area contributed by atoms with Crippen LogP contribution in [-0.4, -0.2) is 31.2 Å². The van der Waals surface area contributed by atoms with Crippen molar-refractivity contribution < 1.29 is 23.5 Å². The summed E-state index contributed by atoms with van der Waals surface area (Å²) in [7, 11) is 0. The summed E-state index contributed by atoms with van der Waals surface area (Å²) < 4.78 is 24.8. The molecule has 0 fully saturated rings. The zero-order valence-corrected chi connectivity index (χ0v) is 19.3. The Morgan fingerprint density at radius 1 is 1.06 bits per heavy atom. The summed E-state index contributed by atoms with van der Waals surface area (Å²) in [5, 5.41) is 6.61. The molecule has 170 valence electrons. The van der Waals surface area contributed by atoms with Gasteiger partial charge in [0.15, 0.2) is 18.1 Å². The predicted octanol–water partition coefficient (Wildman–Crippen LogP) is 4.77. The Morgan fingerprint density at radius 2 is 1.79 bits per heavy atom. The first-order chi connectivity index (χ1) is 16.0. The van der Waals surface area contributed by atoms with E-state index < -0.39 is 11.7 Å². The van der Waals surface area contributed by atoms with Crippen molar-refractivity contribution in [1.82, 2.24) is 5.43 Å². The maximum Gasteiger partial charge on any atom is 0.271 e. The van der Waals surface area contributed by atoms with Crippen molar-refractivity contribution >= 4 is 39.6 Å². The number of hydrogen-bond acceptors (Lipinski definition) is 5. The lowest BCUT2D eigenvalue weighted by Crippen LogP contribution is -2.20. The quantitative estimate of drug-likeness (QED) is 0.318. The van der Waals surface area contributed by atoms with Crippen molar-refractivity contribution in [2.75, 3.05) is 18.5 Å². The molecule has 9 heteroatoms. The summed E-state index contributed by atoms with van der Waals surface area (Å²) >= 11 is 3.42. The lowest BCUT2D eigenvalue weighted by atomic mass is 10.2. The molecule has 0 atom stereocenters. The standard InChI is InChI=1S/C24H21BrFN3O4/c1-2-32-21-13-16(14-27-29-24(31)17-6-4-3-5-7-17)12-20(25)23(21)33-15-22(30)28-19-10-8-18(26)9-11-19/h3-14H,2,15H2,1H3,(H,28,30)(H,29,31)/b27-14+. The van der Waals surface area contributed by atoms with Crippen LogP contribution in [0.1, 0.15) is 22.8 Å². The molecule has 0 aliphatic heterocycles. The van der Waals surface area contributed by atoms with Crippen LogP contribution >= 0.6 is 15.9 Å². The molecule has 0 spiro atoms. The van der Waals surface area contributed by atoms with Gasteiger partial charge in [0, 0.05) is 11.3 Å². The van der Waals surface area contributed by atoms with Gasteiger partial charge in [0.25, 0.3) is 11.8 Å². The van der Waals surface area contributed by atoms with Gasteiger partial charge in [-0.25, -0.2) is 9.82 Å². The van der Waals surface area contributed by atoms with Crippen LogP contribution in [0.3, 0.4) is 0 Å². The number of benzene rings is 3. The molecule has 0 aliphatic rings. The van der Waals surface area contributed by atoms with Crippen molar-refractivity contribution in [2.24, 2.45) is 5.10 Å². The zero-order valence-electron chi connectivity index (χ0n) is 17.7. The predicted molar refractivity (Wildman–Crippen MR) is 127 cm³/mol. The van der Waals surface area contributed by atoms with Gasteiger partial charge in [-0.1, -0.05) is 18.2 Å². The van der Waals surface area contributed by atoms with Gasteiger partial charge in [-0.05, 0) is 76.9 Å². The van der Waals surface area contributed by atoms with Crippen LogP contribution in [0.4, 0.5) is 10.1 Å². The zero-order chi connectivity index (χ0) is 23.6. The topological polar surface area (TPSA) is 89.0 Å². The average molecular weight is 514 g/mol. The van der Waals surface area contributed by atoms with E-state index in [4.69, 9.17) is 9.47 Å². The van der Waals surface area contributed by atoms with E-state index in [1.165, 1.54) is 30.5 Å². The molecule has 3 aromatic carbocycles. The summed E-state index contributed by atoms with van der Waals surface area (Å²) in [4.78, 5) is 24.3. The average Bonchev–Trinajstić information content (AvgIpc) is 2.81. The maximum absolute atomic E-state index is 13.0. The van der Waals surface area contributed by atoms with E-state index in [9.17, 15) is 14.0 Å². The van der Waals surface area contributed by atoms with E-state index in [1.54, 1.807) is 36.4 Å². The van der Waals surface area contributed by atoms with E-state index in [2.05, 4.69) is 31.8 Å². The molecule has 0 unspecified atom stereocenters. The highest BCUT2D eigenvalue weighted by atomic mass is 79.9. The number of nitrogens with one attached hydrogen (secondary N) is 2. The first kappa shape index (κ1) is 23.9. The summed E-state index contributed by atoms with van der Waals surface area (Å²) in [5.41, 5.74) is 4.06. The second-order valence-electron chi connectivity index (χ2n) is 6.67. The van der Waals surface area contributed by atoms with Gasteiger partial charge in [0.2, 0.25) is 0 Å². The fraction of sp³-hybridized carbons (Fsp3) is 0.125. The van der Waals surface area contributed by atoms with Crippen molar-refractivity contribution in [2.45, 2.75) is 6.92 Å². The summed E-state index contributed by atoms with van der Waals surface area (Å²) in [6.45, 7) is 1.91. The Labute approximate surface area is 198 Å². The molecule has 0 aromatic heterocycles. The third kappa shape index (κ3) is 7.15. The highest BCUT2D eigenvalue weighted by Crippen LogP contribution is 2.36. The van der Waals surface area contributed by atoms with Crippen LogP contribution in [-0.2, 0) is 4.79 Å². The molecule has 0 saturated carbocycles. The minimum absolute atomic E-state index is 0.281. The molecule has 33 heavy (non-hydrogen) atoms. The van der Waals surface area contributed by atoms with Crippen molar-refractivity contribution in [3.05, 3.63) is 88.1 Å². The minimum Gasteiger partial charge on any atom is -0.490 e. The Bertz CT molecular complexity index is 1140. The molecule has 2 N–H and O–H groups in total. The Balaban J connectivity index is 1.65. The monoisotopic (exact) mass is 513 g/mol. The molecule has 3 aromatic rings. The molecule has 3 rings (SSSR count). The number of nitrogens with zero attached hydrogens (tertiary/aromatic N) is 1. The second kappa shape index (κ2) is 11.8. The second-order valence-corrected chi connectivity index (χ2v) is 7.53. The van der Waals surface area contributed by atoms with Crippen LogP contribution in [0.25, 0.3) is 0 Å². The smallest absolute Gasteiger partial charge is 0.271 e. The van der Waals surface area contributed by atoms with Crippen LogP contribution in [0, 0.1) is 5.82 Å². The van der Waals surface area contributed by atoms with E-state index in [1.807, 2.05) is 13.0 Å². The van der Waals surface area contributed by atoms with Gasteiger partial charge in [0.05, 0.1) is 17.3 Å². The van der Waals surface area contributed by atoms with Crippen LogP contribution < -0.4 is 20.2 Å². The SMILES string of the molecule is CCOc1cc(/C=N/NC(=O)c2ccccc2)cc(Br)c1OCC(=O)Nc1ccc(F)cc1. The highest BCUT2D eigenvalue weighted by Gasteiger charge is 2.14. The largest absolute Gasteiger partial charge is 0.490 e. The molecule has 0 saturated heterocycles. The maximum atomic E-state index is 13.0. The molecular formula is C24H21BrFN3O4. The van der Waals surface area contributed by atoms with Gasteiger partial charge < -0.3 is 14.8 Å². The molecular weight excluding hydrogens is 493 g/mol. The van der Waals surface area contributed by atoms with E-state index in [0.717, 1.165) is 0 Å². The van der Waals surface area contributed by atoms with E-state index in [-0.39, 0.29) is 12.5 Å². The van der Waals surface area contributed by atoms with Crippen LogP contribution in [0.2, 0.25) is 0 Å². The van der Waals surface area contributed by atoms with E-state index in [0.29, 0.717) is 39.4 Å². The summed E-state index contributed by atoms with van der Waals surface area (Å²) in [5.74, 6) is -0.389. The highest BCUT2D eigenvalue weighted by molar-refractivity contribution is 9.10. The van der Waals surface area contributed by atoms with Gasteiger partial charge in [-0.15, -0.1) is 0 Å². The number of carbonyl (C=O) groups is 2. The van der Waals surface area contributed by atoms with Gasteiger partial charge in [-0.3, -0.25) is 9.59 Å². The Morgan fingerprint density at radius 3 is 2.48 bits per heavy atom. The Hall–Kier alpha value is -3.72. The first-order valence-electron chi connectivity index (χ1n) is 9.99. The molecule has 0 aliphatic carbocycles. The van der Waals surface area contributed by atoms with Crippen molar-refractivity contribution in [3.63, 3.8) is 0 Å². The third-order valence-electron chi connectivity index (χ3n) is 4.22. The number of hydrogen-bond donors (Lipinski definition) is 2. The lowest BCUT2D eigenvalue weighted by molar-refractivity contribution is -0.118. The number of rotatable bonds is 9. The van der Waals surface area contributed by atoms with Crippen molar-refractivity contribution in [3.8, 4) is 11.5 Å².